The van der Waals surface area contributed by atoms with E-state index in [9.17, 15) is 4.39 Å². The van der Waals surface area contributed by atoms with E-state index in [0.717, 1.165) is 29.1 Å². The van der Waals surface area contributed by atoms with Crippen LogP contribution in [-0.4, -0.2) is 11.5 Å². The van der Waals surface area contributed by atoms with Crippen molar-refractivity contribution < 1.29 is 4.39 Å². The van der Waals surface area contributed by atoms with Gasteiger partial charge in [0.1, 0.15) is 10.8 Å². The molecule has 2 nitrogen and oxygen atoms in total. The third kappa shape index (κ3) is 2.94. The van der Waals surface area contributed by atoms with Crippen LogP contribution in [-0.2, 0) is 0 Å². The summed E-state index contributed by atoms with van der Waals surface area (Å²) in [5.41, 5.74) is 2.05. The quantitative estimate of drug-likeness (QED) is 0.891. The Morgan fingerprint density at radius 3 is 2.94 bits per heavy atom. The van der Waals surface area contributed by atoms with Crippen molar-refractivity contribution in [3.63, 3.8) is 0 Å². The van der Waals surface area contributed by atoms with Gasteiger partial charge in [-0.3, -0.25) is 0 Å². The van der Waals surface area contributed by atoms with E-state index in [1.54, 1.807) is 23.6 Å². The first kappa shape index (κ1) is 13.2. The Bertz CT molecular complexity index is 497. The van der Waals surface area contributed by atoms with Crippen LogP contribution < -0.4 is 5.32 Å². The van der Waals surface area contributed by atoms with Crippen molar-refractivity contribution in [1.29, 1.82) is 0 Å². The predicted molar refractivity (Wildman–Crippen MR) is 73.4 cm³/mol. The van der Waals surface area contributed by atoms with E-state index in [1.807, 2.05) is 18.4 Å². The molecule has 0 fully saturated rings. The lowest BCUT2D eigenvalue weighted by molar-refractivity contribution is 0.581. The van der Waals surface area contributed by atoms with Crippen LogP contribution in [0.4, 0.5) is 4.39 Å². The summed E-state index contributed by atoms with van der Waals surface area (Å²) in [6, 6.07) is 4.90. The van der Waals surface area contributed by atoms with E-state index < -0.39 is 0 Å². The molecule has 1 N–H and O–H groups in total. The molecule has 0 aliphatic carbocycles. The smallest absolute Gasteiger partial charge is 0.123 e. The third-order valence-electron chi connectivity index (χ3n) is 2.85. The number of rotatable bonds is 5. The van der Waals surface area contributed by atoms with E-state index in [0.29, 0.717) is 0 Å². The molecule has 4 heteroatoms. The largest absolute Gasteiger partial charge is 0.304 e. The topological polar surface area (TPSA) is 24.9 Å². The maximum absolute atomic E-state index is 13.4. The molecule has 0 spiro atoms. The van der Waals surface area contributed by atoms with E-state index in [4.69, 9.17) is 0 Å². The Morgan fingerprint density at radius 2 is 2.28 bits per heavy atom. The fourth-order valence-electron chi connectivity index (χ4n) is 1.92. The van der Waals surface area contributed by atoms with E-state index in [1.165, 1.54) is 6.07 Å². The standard InChI is InChI=1S/C14H17FN2S/c1-3-6-16-13(14-17-7-8-18-14)12-9-11(15)5-4-10(12)2/h4-5,7-9,13,16H,3,6H2,1-2H3. The lowest BCUT2D eigenvalue weighted by Crippen LogP contribution is -2.24. The van der Waals surface area contributed by atoms with Crippen LogP contribution >= 0.6 is 11.3 Å². The number of thiazole rings is 1. The van der Waals surface area contributed by atoms with E-state index in [-0.39, 0.29) is 11.9 Å². The van der Waals surface area contributed by atoms with Gasteiger partial charge in [-0.2, -0.15) is 0 Å². The maximum Gasteiger partial charge on any atom is 0.123 e. The highest BCUT2D eigenvalue weighted by Gasteiger charge is 2.18. The minimum Gasteiger partial charge on any atom is -0.304 e. The second kappa shape index (κ2) is 6.07. The zero-order valence-electron chi connectivity index (χ0n) is 10.6. The van der Waals surface area contributed by atoms with Gasteiger partial charge in [0.25, 0.3) is 0 Å². The summed E-state index contributed by atoms with van der Waals surface area (Å²) >= 11 is 1.59. The van der Waals surface area contributed by atoms with Crippen molar-refractivity contribution in [2.45, 2.75) is 26.3 Å². The number of nitrogens with zero attached hydrogens (tertiary/aromatic N) is 1. The fraction of sp³-hybridized carbons (Fsp3) is 0.357. The van der Waals surface area contributed by atoms with Crippen LogP contribution in [0.2, 0.25) is 0 Å². The molecular formula is C14H17FN2S. The van der Waals surface area contributed by atoms with Gasteiger partial charge in [0, 0.05) is 11.6 Å². The summed E-state index contributed by atoms with van der Waals surface area (Å²) in [6.07, 6.45) is 2.82. The SMILES string of the molecule is CCCNC(c1nccs1)c1cc(F)ccc1C. The highest BCUT2D eigenvalue weighted by atomic mass is 32.1. The van der Waals surface area contributed by atoms with Gasteiger partial charge in [-0.1, -0.05) is 13.0 Å². The molecular weight excluding hydrogens is 247 g/mol. The first-order chi connectivity index (χ1) is 8.72. The molecule has 96 valence electrons. The van der Waals surface area contributed by atoms with Crippen molar-refractivity contribution in [3.8, 4) is 0 Å². The molecule has 0 saturated heterocycles. The number of hydrogen-bond donors (Lipinski definition) is 1. The molecule has 2 aromatic rings. The van der Waals surface area contributed by atoms with Crippen LogP contribution in [0.25, 0.3) is 0 Å². The Kier molecular flexibility index (Phi) is 4.44. The summed E-state index contributed by atoms with van der Waals surface area (Å²) in [6.45, 7) is 5.01. The summed E-state index contributed by atoms with van der Waals surface area (Å²) in [5.74, 6) is -0.199. The Hall–Kier alpha value is -1.26. The number of hydrogen-bond acceptors (Lipinski definition) is 3. The Morgan fingerprint density at radius 1 is 1.44 bits per heavy atom. The average molecular weight is 264 g/mol. The van der Waals surface area contributed by atoms with E-state index >= 15 is 0 Å². The molecule has 0 aliphatic heterocycles. The van der Waals surface area contributed by atoms with Crippen LogP contribution in [0.3, 0.4) is 0 Å². The van der Waals surface area contributed by atoms with Gasteiger partial charge >= 0.3 is 0 Å². The third-order valence-corrected chi connectivity index (χ3v) is 3.69. The molecule has 1 unspecified atom stereocenters. The van der Waals surface area contributed by atoms with Crippen molar-refractivity contribution in [3.05, 3.63) is 51.7 Å². The zero-order valence-corrected chi connectivity index (χ0v) is 11.4. The van der Waals surface area contributed by atoms with Crippen LogP contribution in [0.5, 0.6) is 0 Å². The van der Waals surface area contributed by atoms with E-state index in [2.05, 4.69) is 17.2 Å². The van der Waals surface area contributed by atoms with Crippen LogP contribution in [0.15, 0.2) is 29.8 Å². The average Bonchev–Trinajstić information content (AvgIpc) is 2.88. The highest BCUT2D eigenvalue weighted by molar-refractivity contribution is 7.09. The summed E-state index contributed by atoms with van der Waals surface area (Å²) in [5, 5.41) is 6.37. The lowest BCUT2D eigenvalue weighted by atomic mass is 10.0. The molecule has 1 aromatic carbocycles. The molecule has 1 atom stereocenters. The molecule has 0 saturated carbocycles. The number of benzene rings is 1. The van der Waals surface area contributed by atoms with Gasteiger partial charge in [-0.05, 0) is 43.1 Å². The van der Waals surface area contributed by atoms with Crippen molar-refractivity contribution in [2.24, 2.45) is 0 Å². The molecule has 1 heterocycles. The number of nitrogens with one attached hydrogen (secondary N) is 1. The molecule has 0 aliphatic rings. The molecule has 18 heavy (non-hydrogen) atoms. The molecule has 2 rings (SSSR count). The summed E-state index contributed by atoms with van der Waals surface area (Å²) < 4.78 is 13.4. The molecule has 0 bridgehead atoms. The first-order valence-electron chi connectivity index (χ1n) is 6.11. The first-order valence-corrected chi connectivity index (χ1v) is 6.99. The summed E-state index contributed by atoms with van der Waals surface area (Å²) in [4.78, 5) is 4.35. The van der Waals surface area contributed by atoms with Crippen molar-refractivity contribution >= 4 is 11.3 Å². The normalized spacial score (nSPS) is 12.6. The van der Waals surface area contributed by atoms with Crippen molar-refractivity contribution in [1.82, 2.24) is 10.3 Å². The van der Waals surface area contributed by atoms with Gasteiger partial charge < -0.3 is 5.32 Å². The van der Waals surface area contributed by atoms with Crippen LogP contribution in [0, 0.1) is 12.7 Å². The fourth-order valence-corrected chi connectivity index (χ4v) is 2.65. The predicted octanol–water partition coefficient (Wildman–Crippen LogP) is 3.68. The highest BCUT2D eigenvalue weighted by Crippen LogP contribution is 2.27. The van der Waals surface area contributed by atoms with Crippen LogP contribution in [0.1, 0.15) is 35.5 Å². The number of aryl methyl sites for hydroxylation is 1. The van der Waals surface area contributed by atoms with Gasteiger partial charge in [0.15, 0.2) is 0 Å². The van der Waals surface area contributed by atoms with Crippen molar-refractivity contribution in [2.75, 3.05) is 6.54 Å². The number of halogens is 1. The maximum atomic E-state index is 13.4. The van der Waals surface area contributed by atoms with Gasteiger partial charge in [-0.25, -0.2) is 9.37 Å². The Labute approximate surface area is 111 Å². The number of aromatic nitrogens is 1. The molecule has 0 amide bonds. The second-order valence-corrected chi connectivity index (χ2v) is 5.18. The molecule has 0 radical (unpaired) electrons. The Balaban J connectivity index is 2.36. The van der Waals surface area contributed by atoms with Gasteiger partial charge in [0.2, 0.25) is 0 Å². The van der Waals surface area contributed by atoms with Gasteiger partial charge in [-0.15, -0.1) is 11.3 Å². The minimum absolute atomic E-state index is 0.0133. The lowest BCUT2D eigenvalue weighted by Gasteiger charge is -2.18. The monoisotopic (exact) mass is 264 g/mol. The second-order valence-electron chi connectivity index (χ2n) is 4.26. The minimum atomic E-state index is -0.199. The zero-order chi connectivity index (χ0) is 13.0. The summed E-state index contributed by atoms with van der Waals surface area (Å²) in [7, 11) is 0. The van der Waals surface area contributed by atoms with Gasteiger partial charge in [0.05, 0.1) is 6.04 Å². The molecule has 1 aromatic heterocycles.